The van der Waals surface area contributed by atoms with Gasteiger partial charge in [-0.05, 0) is 95.8 Å². The van der Waals surface area contributed by atoms with E-state index in [0.717, 1.165) is 84.4 Å². The first-order valence-electron chi connectivity index (χ1n) is 21.0. The van der Waals surface area contributed by atoms with E-state index in [0.29, 0.717) is 26.4 Å². The molecular formula is C51H58O6. The second-order valence-corrected chi connectivity index (χ2v) is 15.4. The number of hydrogen-bond acceptors (Lipinski definition) is 6. The molecule has 6 aromatic rings. The van der Waals surface area contributed by atoms with Gasteiger partial charge in [0.25, 0.3) is 0 Å². The summed E-state index contributed by atoms with van der Waals surface area (Å²) in [7, 11) is 0. The van der Waals surface area contributed by atoms with Gasteiger partial charge in [0, 0.05) is 37.2 Å². The summed E-state index contributed by atoms with van der Waals surface area (Å²) in [4.78, 5) is 0. The molecule has 6 nitrogen and oxygen atoms in total. The molecule has 0 spiro atoms. The first-order chi connectivity index (χ1) is 28.1. The second kappa shape index (κ2) is 19.6. The van der Waals surface area contributed by atoms with Crippen molar-refractivity contribution in [3.8, 4) is 22.6 Å². The Morgan fingerprint density at radius 1 is 0.421 bits per heavy atom. The minimum Gasteiger partial charge on any atom is -0.490 e. The standard InChI is InChI=1S/C51H58O6/c1-37(54-33-13-5-3-11-31-52)35-56-49-29-17-21-41-43(49)23-15-27-47(41)51(45-25-9-7-19-39(45)40-20-8-10-26-46(40)51)48-28-16-24-44-42(48)22-18-30-50(44)57-36-38(2)55-34-14-6-4-12-32-53/h7-10,15-30,37-38,52-53H,3-6,11-14,31-36H2,1-2H3. The lowest BCUT2D eigenvalue weighted by molar-refractivity contribution is 0.0304. The van der Waals surface area contributed by atoms with E-state index in [2.05, 4.69) is 135 Å². The summed E-state index contributed by atoms with van der Waals surface area (Å²) in [5, 5.41) is 22.6. The first kappa shape index (κ1) is 40.5. The molecule has 1 aliphatic carbocycles. The fraction of sp³-hybridized carbons (Fsp3) is 0.373. The van der Waals surface area contributed by atoms with Crippen LogP contribution in [0.15, 0.2) is 121 Å². The van der Waals surface area contributed by atoms with Gasteiger partial charge in [-0.15, -0.1) is 0 Å². The van der Waals surface area contributed by atoms with Crippen molar-refractivity contribution in [2.24, 2.45) is 0 Å². The molecule has 2 atom stereocenters. The third kappa shape index (κ3) is 8.75. The van der Waals surface area contributed by atoms with Crippen LogP contribution in [0.2, 0.25) is 0 Å². The summed E-state index contributed by atoms with van der Waals surface area (Å²) >= 11 is 0. The van der Waals surface area contributed by atoms with Gasteiger partial charge in [0.2, 0.25) is 0 Å². The molecule has 0 fully saturated rings. The number of ether oxygens (including phenoxy) is 4. The van der Waals surface area contributed by atoms with Crippen LogP contribution >= 0.6 is 0 Å². The molecule has 0 saturated carbocycles. The number of hydrogen-bond donors (Lipinski definition) is 2. The summed E-state index contributed by atoms with van der Waals surface area (Å²) in [6.07, 6.45) is 7.72. The Morgan fingerprint density at radius 3 is 1.26 bits per heavy atom. The average Bonchev–Trinajstić information content (AvgIpc) is 3.55. The van der Waals surface area contributed by atoms with Gasteiger partial charge >= 0.3 is 0 Å². The van der Waals surface area contributed by atoms with E-state index in [1.54, 1.807) is 0 Å². The number of fused-ring (bicyclic) bond motifs is 5. The van der Waals surface area contributed by atoms with Crippen molar-refractivity contribution in [1.82, 2.24) is 0 Å². The highest BCUT2D eigenvalue weighted by Gasteiger charge is 2.47. The van der Waals surface area contributed by atoms with Crippen molar-refractivity contribution in [2.75, 3.05) is 39.6 Å². The van der Waals surface area contributed by atoms with Crippen molar-refractivity contribution in [1.29, 1.82) is 0 Å². The van der Waals surface area contributed by atoms with Gasteiger partial charge in [0.1, 0.15) is 24.7 Å². The zero-order valence-electron chi connectivity index (χ0n) is 33.6. The van der Waals surface area contributed by atoms with Gasteiger partial charge in [0.05, 0.1) is 17.6 Å². The molecule has 0 radical (unpaired) electrons. The monoisotopic (exact) mass is 766 g/mol. The van der Waals surface area contributed by atoms with Crippen LogP contribution in [0.3, 0.4) is 0 Å². The Labute approximate surface area is 338 Å². The van der Waals surface area contributed by atoms with Crippen LogP contribution in [-0.2, 0) is 14.9 Å². The minimum atomic E-state index is -0.637. The summed E-state index contributed by atoms with van der Waals surface area (Å²) < 4.78 is 25.3. The normalized spacial score (nSPS) is 14.0. The fourth-order valence-corrected chi connectivity index (χ4v) is 8.64. The van der Waals surface area contributed by atoms with Crippen LogP contribution in [0.1, 0.15) is 87.5 Å². The molecule has 298 valence electrons. The largest absolute Gasteiger partial charge is 0.490 e. The van der Waals surface area contributed by atoms with Gasteiger partial charge in [-0.3, -0.25) is 0 Å². The maximum atomic E-state index is 9.07. The van der Waals surface area contributed by atoms with E-state index in [1.165, 1.54) is 33.4 Å². The molecule has 2 N–H and O–H groups in total. The number of benzene rings is 6. The first-order valence-corrected chi connectivity index (χ1v) is 21.0. The van der Waals surface area contributed by atoms with Crippen LogP contribution in [0.4, 0.5) is 0 Å². The Morgan fingerprint density at radius 2 is 0.807 bits per heavy atom. The quantitative estimate of drug-likeness (QED) is 0.0669. The van der Waals surface area contributed by atoms with Crippen molar-refractivity contribution in [3.63, 3.8) is 0 Å². The highest BCUT2D eigenvalue weighted by molar-refractivity contribution is 6.01. The maximum Gasteiger partial charge on any atom is 0.127 e. The smallest absolute Gasteiger partial charge is 0.127 e. The molecule has 0 amide bonds. The van der Waals surface area contributed by atoms with E-state index in [9.17, 15) is 0 Å². The highest BCUT2D eigenvalue weighted by atomic mass is 16.5. The number of aliphatic hydroxyl groups is 2. The number of unbranched alkanes of at least 4 members (excludes halogenated alkanes) is 6. The minimum absolute atomic E-state index is 0.0507. The summed E-state index contributed by atoms with van der Waals surface area (Å²) in [5.41, 5.74) is 6.77. The van der Waals surface area contributed by atoms with E-state index >= 15 is 0 Å². The SMILES string of the molecule is CC(COc1cccc2c(C3(c4cccc5c(OCC(C)OCCCCCCO)cccc45)c4ccccc4-c4ccccc43)cccc12)OCCCCCCO. The fourth-order valence-electron chi connectivity index (χ4n) is 8.64. The van der Waals surface area contributed by atoms with Crippen molar-refractivity contribution in [2.45, 2.75) is 82.8 Å². The molecule has 57 heavy (non-hydrogen) atoms. The lowest BCUT2D eigenvalue weighted by atomic mass is 9.65. The topological polar surface area (TPSA) is 77.4 Å². The molecule has 2 unspecified atom stereocenters. The Kier molecular flexibility index (Phi) is 13.9. The van der Waals surface area contributed by atoms with Crippen molar-refractivity contribution < 1.29 is 29.2 Å². The average molecular weight is 767 g/mol. The molecule has 0 heterocycles. The predicted molar refractivity (Wildman–Crippen MR) is 232 cm³/mol. The lowest BCUT2D eigenvalue weighted by Gasteiger charge is -2.36. The zero-order valence-corrected chi connectivity index (χ0v) is 33.6. The summed E-state index contributed by atoms with van der Waals surface area (Å²) in [5.74, 6) is 1.69. The Balaban J connectivity index is 1.26. The third-order valence-corrected chi connectivity index (χ3v) is 11.4. The summed E-state index contributed by atoms with van der Waals surface area (Å²) in [6.45, 7) is 6.93. The van der Waals surface area contributed by atoms with Gasteiger partial charge in [-0.25, -0.2) is 0 Å². The molecular weight excluding hydrogens is 709 g/mol. The van der Waals surface area contributed by atoms with Gasteiger partial charge < -0.3 is 29.2 Å². The number of aliphatic hydroxyl groups excluding tert-OH is 2. The Hall–Kier alpha value is -4.72. The third-order valence-electron chi connectivity index (χ3n) is 11.4. The van der Waals surface area contributed by atoms with Crippen LogP contribution in [0.25, 0.3) is 32.7 Å². The molecule has 6 heteroatoms. The molecule has 7 rings (SSSR count). The van der Waals surface area contributed by atoms with Crippen LogP contribution in [0.5, 0.6) is 11.5 Å². The second-order valence-electron chi connectivity index (χ2n) is 15.4. The number of rotatable bonds is 22. The zero-order chi connectivity index (χ0) is 39.5. The van der Waals surface area contributed by atoms with E-state index in [1.807, 2.05) is 0 Å². The molecule has 1 aliphatic rings. The lowest BCUT2D eigenvalue weighted by Crippen LogP contribution is -2.29. The van der Waals surface area contributed by atoms with Crippen molar-refractivity contribution in [3.05, 3.63) is 144 Å². The Bertz CT molecular complexity index is 2050. The van der Waals surface area contributed by atoms with Gasteiger partial charge in [-0.2, -0.15) is 0 Å². The maximum absolute atomic E-state index is 9.07. The molecule has 0 saturated heterocycles. The molecule has 0 aliphatic heterocycles. The van der Waals surface area contributed by atoms with E-state index in [4.69, 9.17) is 29.2 Å². The predicted octanol–water partition coefficient (Wildman–Crippen LogP) is 11.0. The van der Waals surface area contributed by atoms with Crippen LogP contribution in [-0.4, -0.2) is 62.1 Å². The van der Waals surface area contributed by atoms with Crippen LogP contribution < -0.4 is 9.47 Å². The molecule has 6 aromatic carbocycles. The van der Waals surface area contributed by atoms with E-state index in [-0.39, 0.29) is 25.4 Å². The molecule has 0 aromatic heterocycles. The molecule has 0 bridgehead atoms. The van der Waals surface area contributed by atoms with Crippen molar-refractivity contribution >= 4 is 21.5 Å². The van der Waals surface area contributed by atoms with Gasteiger partial charge in [-0.1, -0.05) is 135 Å². The highest BCUT2D eigenvalue weighted by Crippen LogP contribution is 2.58. The van der Waals surface area contributed by atoms with Gasteiger partial charge in [0.15, 0.2) is 0 Å². The van der Waals surface area contributed by atoms with E-state index < -0.39 is 5.41 Å². The summed E-state index contributed by atoms with van der Waals surface area (Å²) in [6, 6.07) is 43.9. The van der Waals surface area contributed by atoms with Crippen LogP contribution in [0, 0.1) is 0 Å².